The van der Waals surface area contributed by atoms with Crippen molar-refractivity contribution in [1.29, 1.82) is 0 Å². The van der Waals surface area contributed by atoms with Crippen molar-refractivity contribution in [3.63, 3.8) is 0 Å². The quantitative estimate of drug-likeness (QED) is 0.937. The maximum absolute atomic E-state index is 12.7. The van der Waals surface area contributed by atoms with Crippen molar-refractivity contribution in [2.24, 2.45) is 0 Å². The third-order valence-electron chi connectivity index (χ3n) is 4.18. The number of aliphatic hydroxyl groups excluding tert-OH is 1. The fourth-order valence-electron chi connectivity index (χ4n) is 2.89. The van der Waals surface area contributed by atoms with Gasteiger partial charge in [-0.1, -0.05) is 12.1 Å². The normalized spacial score (nSPS) is 20.7. The minimum absolute atomic E-state index is 0.0593. The lowest BCUT2D eigenvalue weighted by molar-refractivity contribution is 0.0520. The highest BCUT2D eigenvalue weighted by Crippen LogP contribution is 2.28. The van der Waals surface area contributed by atoms with Crippen molar-refractivity contribution in [2.75, 3.05) is 19.8 Å². The van der Waals surface area contributed by atoms with E-state index in [-0.39, 0.29) is 11.9 Å². The number of amides is 1. The average Bonchev–Trinajstić information content (AvgIpc) is 3.17. The Labute approximate surface area is 140 Å². The summed E-state index contributed by atoms with van der Waals surface area (Å²) < 4.78 is 5.27. The SMILES string of the molecule is CCN(C(=O)c1ccc(-c2ccc(C)s2)cc1)C1COCC1O. The number of aryl methyl sites for hydroxylation is 1. The zero-order chi connectivity index (χ0) is 16.4. The van der Waals surface area contributed by atoms with Crippen molar-refractivity contribution in [3.8, 4) is 10.4 Å². The number of ether oxygens (including phenoxy) is 1. The summed E-state index contributed by atoms with van der Waals surface area (Å²) in [6.45, 7) is 5.25. The van der Waals surface area contributed by atoms with Gasteiger partial charge in [-0.3, -0.25) is 4.79 Å². The number of carbonyl (C=O) groups is 1. The highest BCUT2D eigenvalue weighted by atomic mass is 32.1. The summed E-state index contributed by atoms with van der Waals surface area (Å²) in [5, 5.41) is 9.96. The number of hydrogen-bond donors (Lipinski definition) is 1. The minimum atomic E-state index is -0.604. The molecule has 1 N–H and O–H groups in total. The minimum Gasteiger partial charge on any atom is -0.388 e. The van der Waals surface area contributed by atoms with Gasteiger partial charge in [-0.05, 0) is 43.7 Å². The Morgan fingerprint density at radius 1 is 1.26 bits per heavy atom. The molecule has 0 bridgehead atoms. The van der Waals surface area contributed by atoms with E-state index in [0.717, 1.165) is 5.56 Å². The number of carbonyl (C=O) groups excluding carboxylic acids is 1. The second kappa shape index (κ2) is 6.83. The third-order valence-corrected chi connectivity index (χ3v) is 5.23. The van der Waals surface area contributed by atoms with Crippen LogP contribution in [0.4, 0.5) is 0 Å². The zero-order valence-corrected chi connectivity index (χ0v) is 14.2. The summed E-state index contributed by atoms with van der Waals surface area (Å²) in [7, 11) is 0. The molecule has 1 aliphatic heterocycles. The largest absolute Gasteiger partial charge is 0.388 e. The van der Waals surface area contributed by atoms with Crippen LogP contribution >= 0.6 is 11.3 Å². The second-order valence-electron chi connectivity index (χ2n) is 5.75. The number of nitrogens with zero attached hydrogens (tertiary/aromatic N) is 1. The van der Waals surface area contributed by atoms with Crippen molar-refractivity contribution in [1.82, 2.24) is 4.90 Å². The van der Waals surface area contributed by atoms with Gasteiger partial charge >= 0.3 is 0 Å². The van der Waals surface area contributed by atoms with E-state index >= 15 is 0 Å². The Kier molecular flexibility index (Phi) is 4.80. The van der Waals surface area contributed by atoms with Crippen LogP contribution in [0.1, 0.15) is 22.2 Å². The Morgan fingerprint density at radius 3 is 2.52 bits per heavy atom. The molecule has 4 nitrogen and oxygen atoms in total. The van der Waals surface area contributed by atoms with Gasteiger partial charge in [-0.15, -0.1) is 11.3 Å². The van der Waals surface area contributed by atoms with Crippen molar-refractivity contribution >= 4 is 17.2 Å². The highest BCUT2D eigenvalue weighted by Gasteiger charge is 2.34. The van der Waals surface area contributed by atoms with Crippen LogP contribution in [0, 0.1) is 6.92 Å². The van der Waals surface area contributed by atoms with Gasteiger partial charge in [0, 0.05) is 21.9 Å². The van der Waals surface area contributed by atoms with Gasteiger partial charge in [0.05, 0.1) is 25.4 Å². The maximum atomic E-state index is 12.7. The molecule has 2 aromatic rings. The number of thiophene rings is 1. The Morgan fingerprint density at radius 2 is 2.00 bits per heavy atom. The van der Waals surface area contributed by atoms with Crippen molar-refractivity contribution < 1.29 is 14.6 Å². The molecular formula is C18H21NO3S. The van der Waals surface area contributed by atoms with E-state index in [2.05, 4.69) is 19.1 Å². The topological polar surface area (TPSA) is 49.8 Å². The lowest BCUT2D eigenvalue weighted by Crippen LogP contribution is -2.46. The summed E-state index contributed by atoms with van der Waals surface area (Å²) >= 11 is 1.74. The molecular weight excluding hydrogens is 310 g/mol. The molecule has 1 aromatic heterocycles. The van der Waals surface area contributed by atoms with E-state index in [0.29, 0.717) is 25.3 Å². The van der Waals surface area contributed by atoms with Crippen molar-refractivity contribution in [2.45, 2.75) is 26.0 Å². The van der Waals surface area contributed by atoms with E-state index in [1.54, 1.807) is 16.2 Å². The molecule has 1 saturated heterocycles. The first-order valence-corrected chi connectivity index (χ1v) is 8.65. The maximum Gasteiger partial charge on any atom is 0.254 e. The number of benzene rings is 1. The molecule has 1 fully saturated rings. The molecule has 3 rings (SSSR count). The molecule has 1 aliphatic rings. The molecule has 2 atom stereocenters. The van der Waals surface area contributed by atoms with E-state index in [1.165, 1.54) is 9.75 Å². The summed E-state index contributed by atoms with van der Waals surface area (Å²) in [5.41, 5.74) is 1.76. The van der Waals surface area contributed by atoms with Gasteiger partial charge in [-0.2, -0.15) is 0 Å². The summed E-state index contributed by atoms with van der Waals surface area (Å²) in [5.74, 6) is -0.0593. The molecule has 2 unspecified atom stereocenters. The van der Waals surface area contributed by atoms with Crippen LogP contribution in [0.2, 0.25) is 0 Å². The van der Waals surface area contributed by atoms with E-state index < -0.39 is 6.10 Å². The second-order valence-corrected chi connectivity index (χ2v) is 7.04. The first-order valence-electron chi connectivity index (χ1n) is 7.83. The standard InChI is InChI=1S/C18H21NO3S/c1-3-19(15-10-22-11-16(15)20)18(21)14-7-5-13(6-8-14)17-9-4-12(2)23-17/h4-9,15-16,20H,3,10-11H2,1-2H3. The summed E-state index contributed by atoms with van der Waals surface area (Å²) in [4.78, 5) is 16.9. The molecule has 1 amide bonds. The van der Waals surface area contributed by atoms with Gasteiger partial charge in [-0.25, -0.2) is 0 Å². The Hall–Kier alpha value is -1.69. The van der Waals surface area contributed by atoms with Gasteiger partial charge in [0.2, 0.25) is 0 Å². The molecule has 23 heavy (non-hydrogen) atoms. The fourth-order valence-corrected chi connectivity index (χ4v) is 3.76. The summed E-state index contributed by atoms with van der Waals surface area (Å²) in [6.07, 6.45) is -0.604. The monoisotopic (exact) mass is 331 g/mol. The van der Waals surface area contributed by atoms with E-state index in [9.17, 15) is 9.90 Å². The Bertz CT molecular complexity index is 680. The molecule has 122 valence electrons. The predicted molar refractivity (Wildman–Crippen MR) is 91.8 cm³/mol. The van der Waals surface area contributed by atoms with Crippen LogP contribution < -0.4 is 0 Å². The molecule has 0 radical (unpaired) electrons. The van der Waals surface area contributed by atoms with Gasteiger partial charge in [0.25, 0.3) is 5.91 Å². The number of rotatable bonds is 4. The van der Waals surface area contributed by atoms with Crippen LogP contribution in [0.3, 0.4) is 0 Å². The molecule has 1 aromatic carbocycles. The first-order chi connectivity index (χ1) is 11.1. The molecule has 0 saturated carbocycles. The van der Waals surface area contributed by atoms with Crippen molar-refractivity contribution in [3.05, 3.63) is 46.8 Å². The summed E-state index contributed by atoms with van der Waals surface area (Å²) in [6, 6.07) is 11.6. The smallest absolute Gasteiger partial charge is 0.254 e. The number of aliphatic hydroxyl groups is 1. The number of hydrogen-bond acceptors (Lipinski definition) is 4. The molecule has 0 aliphatic carbocycles. The lowest BCUT2D eigenvalue weighted by atomic mass is 10.1. The fraction of sp³-hybridized carbons (Fsp3) is 0.389. The molecule has 5 heteroatoms. The van der Waals surface area contributed by atoms with Crippen LogP contribution in [-0.4, -0.2) is 47.8 Å². The third kappa shape index (κ3) is 3.32. The van der Waals surface area contributed by atoms with E-state index in [1.807, 2.05) is 31.2 Å². The van der Waals surface area contributed by atoms with Crippen LogP contribution in [-0.2, 0) is 4.74 Å². The number of likely N-dealkylation sites (N-methyl/N-ethyl adjacent to an activating group) is 1. The Balaban J connectivity index is 1.79. The van der Waals surface area contributed by atoms with Gasteiger partial charge in [0.15, 0.2) is 0 Å². The first kappa shape index (κ1) is 16.2. The van der Waals surface area contributed by atoms with E-state index in [4.69, 9.17) is 4.74 Å². The highest BCUT2D eigenvalue weighted by molar-refractivity contribution is 7.15. The average molecular weight is 331 g/mol. The predicted octanol–water partition coefficient (Wildman–Crippen LogP) is 2.95. The van der Waals surface area contributed by atoms with Crippen LogP contribution in [0.5, 0.6) is 0 Å². The molecule has 2 heterocycles. The van der Waals surface area contributed by atoms with Crippen LogP contribution in [0.15, 0.2) is 36.4 Å². The molecule has 0 spiro atoms. The van der Waals surface area contributed by atoms with Crippen LogP contribution in [0.25, 0.3) is 10.4 Å². The van der Waals surface area contributed by atoms with Gasteiger partial charge in [0.1, 0.15) is 0 Å². The lowest BCUT2D eigenvalue weighted by Gasteiger charge is -2.28. The van der Waals surface area contributed by atoms with Gasteiger partial charge < -0.3 is 14.7 Å². The zero-order valence-electron chi connectivity index (χ0n) is 13.4.